The van der Waals surface area contributed by atoms with Crippen molar-refractivity contribution in [2.45, 2.75) is 52.2 Å². The van der Waals surface area contributed by atoms with E-state index in [1.807, 2.05) is 13.8 Å². The van der Waals surface area contributed by atoms with Gasteiger partial charge in [0, 0.05) is 18.3 Å². The van der Waals surface area contributed by atoms with E-state index in [2.05, 4.69) is 17.6 Å². The topological polar surface area (TPSA) is 79.8 Å². The molecule has 0 radical (unpaired) electrons. The molecule has 0 aromatic heterocycles. The first-order chi connectivity index (χ1) is 11.5. The molecule has 0 saturated carbocycles. The molecule has 1 unspecified atom stereocenters. The summed E-state index contributed by atoms with van der Waals surface area (Å²) in [5, 5.41) is 15.6. The summed E-state index contributed by atoms with van der Waals surface area (Å²) in [6.07, 6.45) is 2.01. The molecule has 0 aliphatic heterocycles. The van der Waals surface area contributed by atoms with Crippen LogP contribution in [0.1, 0.15) is 40.0 Å². The Labute approximate surface area is 144 Å². The van der Waals surface area contributed by atoms with E-state index in [0.717, 1.165) is 19.3 Å². The van der Waals surface area contributed by atoms with Crippen LogP contribution in [0.5, 0.6) is 5.75 Å². The number of ether oxygens (including phenoxy) is 2. The van der Waals surface area contributed by atoms with E-state index in [9.17, 15) is 9.90 Å². The second-order valence-electron chi connectivity index (χ2n) is 6.02. The van der Waals surface area contributed by atoms with Gasteiger partial charge in [0.25, 0.3) is 0 Å². The van der Waals surface area contributed by atoms with Crippen molar-refractivity contribution in [1.82, 2.24) is 5.32 Å². The first-order valence-electron chi connectivity index (χ1n) is 8.59. The second kappa shape index (κ2) is 11.7. The highest BCUT2D eigenvalue weighted by atomic mass is 16.5. The fraction of sp³-hybridized carbons (Fsp3) is 0.611. The number of benzene rings is 1. The number of anilines is 1. The van der Waals surface area contributed by atoms with Crippen molar-refractivity contribution >= 4 is 11.8 Å². The molecule has 0 saturated heterocycles. The number of carbonyl (C=O) groups is 1. The second-order valence-corrected chi connectivity index (χ2v) is 6.02. The van der Waals surface area contributed by atoms with Crippen LogP contribution in [0.4, 0.5) is 10.5 Å². The minimum absolute atomic E-state index is 0.214. The van der Waals surface area contributed by atoms with E-state index in [0.29, 0.717) is 30.6 Å². The summed E-state index contributed by atoms with van der Waals surface area (Å²) in [6.45, 7) is 7.28. The highest BCUT2D eigenvalue weighted by Gasteiger charge is 2.07. The van der Waals surface area contributed by atoms with E-state index in [4.69, 9.17) is 9.47 Å². The van der Waals surface area contributed by atoms with Crippen LogP contribution in [0.15, 0.2) is 24.3 Å². The lowest BCUT2D eigenvalue weighted by molar-refractivity contribution is 0.104. The van der Waals surface area contributed by atoms with Crippen molar-refractivity contribution in [3.05, 3.63) is 24.3 Å². The van der Waals surface area contributed by atoms with Gasteiger partial charge in [0.1, 0.15) is 18.5 Å². The monoisotopic (exact) mass is 338 g/mol. The van der Waals surface area contributed by atoms with Crippen LogP contribution in [-0.2, 0) is 4.74 Å². The van der Waals surface area contributed by atoms with Crippen LogP contribution in [0.25, 0.3) is 0 Å². The van der Waals surface area contributed by atoms with Crippen LogP contribution in [-0.4, -0.2) is 43.1 Å². The van der Waals surface area contributed by atoms with Gasteiger partial charge >= 0.3 is 6.09 Å². The molecule has 136 valence electrons. The Morgan fingerprint density at radius 3 is 2.54 bits per heavy atom. The number of rotatable bonds is 11. The van der Waals surface area contributed by atoms with Crippen LogP contribution in [0.2, 0.25) is 0 Å². The molecule has 1 atom stereocenters. The maximum atomic E-state index is 11.6. The molecule has 1 aromatic rings. The molecule has 24 heavy (non-hydrogen) atoms. The zero-order valence-corrected chi connectivity index (χ0v) is 14.9. The van der Waals surface area contributed by atoms with Crippen molar-refractivity contribution in [3.8, 4) is 5.75 Å². The zero-order valence-electron chi connectivity index (χ0n) is 14.9. The van der Waals surface area contributed by atoms with E-state index in [1.165, 1.54) is 0 Å². The molecule has 0 spiro atoms. The first kappa shape index (κ1) is 20.3. The van der Waals surface area contributed by atoms with Gasteiger partial charge in [-0.15, -0.1) is 0 Å². The summed E-state index contributed by atoms with van der Waals surface area (Å²) < 4.78 is 10.6. The fourth-order valence-corrected chi connectivity index (χ4v) is 1.93. The number of hydrogen-bond acceptors (Lipinski definition) is 5. The summed E-state index contributed by atoms with van der Waals surface area (Å²) in [5.41, 5.74) is 0.643. The third-order valence-corrected chi connectivity index (χ3v) is 3.29. The van der Waals surface area contributed by atoms with E-state index < -0.39 is 12.2 Å². The zero-order chi connectivity index (χ0) is 17.8. The Morgan fingerprint density at radius 1 is 1.21 bits per heavy atom. The predicted octanol–water partition coefficient (Wildman–Crippen LogP) is 3.16. The Kier molecular flexibility index (Phi) is 9.88. The molecule has 1 aromatic carbocycles. The third kappa shape index (κ3) is 9.37. The lowest BCUT2D eigenvalue weighted by Crippen LogP contribution is -2.35. The van der Waals surface area contributed by atoms with Gasteiger partial charge in [0.05, 0.1) is 6.61 Å². The predicted molar refractivity (Wildman–Crippen MR) is 95.6 cm³/mol. The number of amides is 1. The molecule has 1 amide bonds. The summed E-state index contributed by atoms with van der Waals surface area (Å²) in [4.78, 5) is 11.6. The Bertz CT molecular complexity index is 463. The number of hydrogen-bond donors (Lipinski definition) is 3. The van der Waals surface area contributed by atoms with Crippen molar-refractivity contribution in [2.24, 2.45) is 0 Å². The molecule has 0 fully saturated rings. The summed E-state index contributed by atoms with van der Waals surface area (Å²) in [7, 11) is 0. The molecule has 0 heterocycles. The van der Waals surface area contributed by atoms with Gasteiger partial charge in [-0.05, 0) is 30.7 Å². The smallest absolute Gasteiger partial charge is 0.411 e. The van der Waals surface area contributed by atoms with Crippen molar-refractivity contribution in [3.63, 3.8) is 0 Å². The minimum Gasteiger partial charge on any atom is -0.491 e. The van der Waals surface area contributed by atoms with Gasteiger partial charge in [-0.1, -0.05) is 33.6 Å². The maximum Gasteiger partial charge on any atom is 0.411 e. The lowest BCUT2D eigenvalue weighted by atomic mass is 10.3. The molecule has 6 nitrogen and oxygen atoms in total. The third-order valence-electron chi connectivity index (χ3n) is 3.29. The van der Waals surface area contributed by atoms with Gasteiger partial charge in [-0.2, -0.15) is 0 Å². The molecular weight excluding hydrogens is 308 g/mol. The molecule has 6 heteroatoms. The highest BCUT2D eigenvalue weighted by molar-refractivity contribution is 5.84. The standard InChI is InChI=1S/C18H30N2O4/c1-4-5-6-11-23-18(22)20-15-7-9-17(10-8-15)24-13-16(21)12-19-14(2)3/h7-10,14,16,19,21H,4-6,11-13H2,1-3H3,(H,20,22). The lowest BCUT2D eigenvalue weighted by Gasteiger charge is -2.15. The molecule has 1 rings (SSSR count). The summed E-state index contributed by atoms with van der Waals surface area (Å²) in [6, 6.07) is 7.29. The Balaban J connectivity index is 2.28. The van der Waals surface area contributed by atoms with E-state index in [1.54, 1.807) is 24.3 Å². The van der Waals surface area contributed by atoms with Crippen molar-refractivity contribution < 1.29 is 19.4 Å². The maximum absolute atomic E-state index is 11.6. The van der Waals surface area contributed by atoms with Gasteiger partial charge in [-0.25, -0.2) is 4.79 Å². The summed E-state index contributed by atoms with van der Waals surface area (Å²) in [5.74, 6) is 0.639. The molecule has 3 N–H and O–H groups in total. The average Bonchev–Trinajstić information content (AvgIpc) is 2.56. The molecule has 0 aliphatic carbocycles. The summed E-state index contributed by atoms with van der Waals surface area (Å²) >= 11 is 0. The average molecular weight is 338 g/mol. The van der Waals surface area contributed by atoms with Crippen LogP contribution in [0, 0.1) is 0 Å². The van der Waals surface area contributed by atoms with Gasteiger partial charge in [0.2, 0.25) is 0 Å². The SMILES string of the molecule is CCCCCOC(=O)Nc1ccc(OCC(O)CNC(C)C)cc1. The first-order valence-corrected chi connectivity index (χ1v) is 8.59. The van der Waals surface area contributed by atoms with Crippen molar-refractivity contribution in [2.75, 3.05) is 25.1 Å². The quantitative estimate of drug-likeness (QED) is 0.540. The van der Waals surface area contributed by atoms with Gasteiger partial charge in [-0.3, -0.25) is 5.32 Å². The van der Waals surface area contributed by atoms with Crippen LogP contribution >= 0.6 is 0 Å². The largest absolute Gasteiger partial charge is 0.491 e. The molecular formula is C18H30N2O4. The normalized spacial score (nSPS) is 12.0. The Hall–Kier alpha value is -1.79. The van der Waals surface area contributed by atoms with Crippen LogP contribution < -0.4 is 15.4 Å². The number of aliphatic hydroxyl groups is 1. The fourth-order valence-electron chi connectivity index (χ4n) is 1.93. The number of aliphatic hydroxyl groups excluding tert-OH is 1. The van der Waals surface area contributed by atoms with Crippen LogP contribution in [0.3, 0.4) is 0 Å². The highest BCUT2D eigenvalue weighted by Crippen LogP contribution is 2.16. The molecule has 0 aliphatic rings. The van der Waals surface area contributed by atoms with E-state index in [-0.39, 0.29) is 6.61 Å². The molecule has 0 bridgehead atoms. The van der Waals surface area contributed by atoms with Crippen molar-refractivity contribution in [1.29, 1.82) is 0 Å². The number of carbonyl (C=O) groups excluding carboxylic acids is 1. The Morgan fingerprint density at radius 2 is 1.92 bits per heavy atom. The number of nitrogens with one attached hydrogen (secondary N) is 2. The van der Waals surface area contributed by atoms with E-state index >= 15 is 0 Å². The van der Waals surface area contributed by atoms with Gasteiger partial charge in [0.15, 0.2) is 0 Å². The minimum atomic E-state index is -0.566. The number of unbranched alkanes of at least 4 members (excludes halogenated alkanes) is 2. The van der Waals surface area contributed by atoms with Gasteiger partial charge < -0.3 is 19.9 Å².